The van der Waals surface area contributed by atoms with Crippen LogP contribution in [-0.4, -0.2) is 38.2 Å². The molecule has 1 amide bonds. The van der Waals surface area contributed by atoms with Crippen LogP contribution in [0.2, 0.25) is 0 Å². The van der Waals surface area contributed by atoms with Gasteiger partial charge in [-0.3, -0.25) is 9.00 Å². The highest BCUT2D eigenvalue weighted by atomic mass is 32.2. The third-order valence-electron chi connectivity index (χ3n) is 2.65. The van der Waals surface area contributed by atoms with E-state index in [2.05, 4.69) is 5.32 Å². The number of rotatable bonds is 5. The summed E-state index contributed by atoms with van der Waals surface area (Å²) in [6.07, 6.45) is 0. The number of benzene rings is 1. The number of carboxylic acids is 1. The van der Waals surface area contributed by atoms with Crippen LogP contribution in [0.3, 0.4) is 0 Å². The Labute approximate surface area is 120 Å². The van der Waals surface area contributed by atoms with Crippen molar-refractivity contribution in [1.29, 1.82) is 0 Å². The number of hydrogen-bond donors (Lipinski definition) is 2. The Kier molecular flexibility index (Phi) is 5.44. The fourth-order valence-corrected chi connectivity index (χ4v) is 2.33. The summed E-state index contributed by atoms with van der Waals surface area (Å²) in [6, 6.07) is 5.67. The smallest absolute Gasteiger partial charge is 0.335 e. The molecule has 110 valence electrons. The Balaban J connectivity index is 2.51. The largest absolute Gasteiger partial charge is 0.478 e. The van der Waals surface area contributed by atoms with Gasteiger partial charge in [-0.25, -0.2) is 4.79 Å². The van der Waals surface area contributed by atoms with Crippen molar-refractivity contribution in [2.24, 2.45) is 0 Å². The van der Waals surface area contributed by atoms with Crippen LogP contribution in [0, 0.1) is 0 Å². The van der Waals surface area contributed by atoms with Crippen LogP contribution in [0.1, 0.15) is 41.5 Å². The molecular weight excluding hydrogens is 278 g/mol. The van der Waals surface area contributed by atoms with Crippen molar-refractivity contribution in [3.8, 4) is 0 Å². The molecule has 0 fully saturated rings. The summed E-state index contributed by atoms with van der Waals surface area (Å²) in [6.45, 7) is 5.98. The molecule has 1 unspecified atom stereocenters. The van der Waals surface area contributed by atoms with Gasteiger partial charge in [-0.05, 0) is 45.0 Å². The van der Waals surface area contributed by atoms with Crippen LogP contribution < -0.4 is 5.32 Å². The Morgan fingerprint density at radius 1 is 1.15 bits per heavy atom. The molecule has 2 N–H and O–H groups in total. The van der Waals surface area contributed by atoms with Crippen molar-refractivity contribution in [3.05, 3.63) is 35.4 Å². The van der Waals surface area contributed by atoms with Crippen molar-refractivity contribution < 1.29 is 18.9 Å². The minimum atomic E-state index is -1.03. The fourth-order valence-electron chi connectivity index (χ4n) is 1.43. The maximum Gasteiger partial charge on any atom is 0.335 e. The lowest BCUT2D eigenvalue weighted by Crippen LogP contribution is -2.32. The summed E-state index contributed by atoms with van der Waals surface area (Å²) < 4.78 is 11.5. The summed E-state index contributed by atoms with van der Waals surface area (Å²) in [7, 11) is -1.01. The van der Waals surface area contributed by atoms with E-state index in [1.54, 1.807) is 0 Å². The number of carbonyl (C=O) groups excluding carboxylic acids is 1. The highest BCUT2D eigenvalue weighted by Crippen LogP contribution is 2.10. The first-order valence-corrected chi connectivity index (χ1v) is 7.54. The second-order valence-corrected chi connectivity index (χ2v) is 7.62. The van der Waals surface area contributed by atoms with Gasteiger partial charge in [-0.2, -0.15) is 0 Å². The zero-order valence-electron chi connectivity index (χ0n) is 11.8. The molecule has 1 rings (SSSR count). The molecule has 20 heavy (non-hydrogen) atoms. The monoisotopic (exact) mass is 297 g/mol. The van der Waals surface area contributed by atoms with Gasteiger partial charge >= 0.3 is 5.97 Å². The second kappa shape index (κ2) is 6.65. The van der Waals surface area contributed by atoms with E-state index in [9.17, 15) is 13.8 Å². The van der Waals surface area contributed by atoms with Gasteiger partial charge in [0.15, 0.2) is 0 Å². The normalized spacial score (nSPS) is 12.8. The number of hydrogen-bond acceptors (Lipinski definition) is 3. The number of carboxylic acid groups (broad SMARTS) is 1. The van der Waals surface area contributed by atoms with Gasteiger partial charge in [0.1, 0.15) is 0 Å². The maximum absolute atomic E-state index is 11.8. The van der Waals surface area contributed by atoms with E-state index in [4.69, 9.17) is 5.11 Å². The van der Waals surface area contributed by atoms with Gasteiger partial charge in [-0.15, -0.1) is 0 Å². The number of carbonyl (C=O) groups is 2. The Hall–Kier alpha value is -1.69. The van der Waals surface area contributed by atoms with Crippen LogP contribution in [0.15, 0.2) is 24.3 Å². The second-order valence-electron chi connectivity index (χ2n) is 5.30. The van der Waals surface area contributed by atoms with Gasteiger partial charge in [0.25, 0.3) is 5.91 Å². The zero-order chi connectivity index (χ0) is 15.3. The Morgan fingerprint density at radius 3 is 2.10 bits per heavy atom. The van der Waals surface area contributed by atoms with Crippen molar-refractivity contribution >= 4 is 22.7 Å². The van der Waals surface area contributed by atoms with E-state index < -0.39 is 16.8 Å². The molecule has 0 aliphatic rings. The van der Waals surface area contributed by atoms with E-state index in [0.717, 1.165) is 0 Å². The molecule has 0 radical (unpaired) electrons. The molecule has 0 aliphatic carbocycles. The standard InChI is InChI=1S/C14H19NO4S/c1-14(2,3)20(19)9-8-15-12(16)10-4-6-11(7-5-10)13(17)18/h4-7H,8-9H2,1-3H3,(H,15,16)(H,17,18). The van der Waals surface area contributed by atoms with Crippen molar-refractivity contribution in [2.75, 3.05) is 12.3 Å². The molecule has 0 saturated carbocycles. The van der Waals surface area contributed by atoms with Crippen LogP contribution in [-0.2, 0) is 10.8 Å². The molecule has 1 atom stereocenters. The van der Waals surface area contributed by atoms with E-state index in [-0.39, 0.29) is 16.2 Å². The molecular formula is C14H19NO4S. The summed E-state index contributed by atoms with van der Waals surface area (Å²) in [5, 5.41) is 11.4. The fraction of sp³-hybridized carbons (Fsp3) is 0.429. The summed E-state index contributed by atoms with van der Waals surface area (Å²) in [5.41, 5.74) is 0.520. The number of nitrogens with one attached hydrogen (secondary N) is 1. The molecule has 0 bridgehead atoms. The highest BCUT2D eigenvalue weighted by molar-refractivity contribution is 7.86. The summed E-state index contributed by atoms with van der Waals surface area (Å²) in [4.78, 5) is 22.5. The summed E-state index contributed by atoms with van der Waals surface area (Å²) >= 11 is 0. The molecule has 6 heteroatoms. The van der Waals surface area contributed by atoms with E-state index in [0.29, 0.717) is 17.9 Å². The first-order valence-electron chi connectivity index (χ1n) is 6.22. The maximum atomic E-state index is 11.8. The number of amides is 1. The van der Waals surface area contributed by atoms with Crippen molar-refractivity contribution in [3.63, 3.8) is 0 Å². The molecule has 0 spiro atoms. The first kappa shape index (κ1) is 16.4. The summed E-state index contributed by atoms with van der Waals surface area (Å²) in [5.74, 6) is -0.937. The molecule has 0 heterocycles. The van der Waals surface area contributed by atoms with E-state index in [1.807, 2.05) is 20.8 Å². The molecule has 0 aromatic heterocycles. The molecule has 1 aromatic carbocycles. The molecule has 0 aliphatic heterocycles. The first-order chi connectivity index (χ1) is 9.21. The average Bonchev–Trinajstić information content (AvgIpc) is 2.37. The van der Waals surface area contributed by atoms with Crippen LogP contribution in [0.25, 0.3) is 0 Å². The predicted octanol–water partition coefficient (Wildman–Crippen LogP) is 1.66. The SMILES string of the molecule is CC(C)(C)S(=O)CCNC(=O)c1ccc(C(=O)O)cc1. The highest BCUT2D eigenvalue weighted by Gasteiger charge is 2.19. The van der Waals surface area contributed by atoms with E-state index in [1.165, 1.54) is 24.3 Å². The lowest BCUT2D eigenvalue weighted by molar-refractivity contribution is 0.0696. The van der Waals surface area contributed by atoms with Gasteiger partial charge < -0.3 is 10.4 Å². The lowest BCUT2D eigenvalue weighted by Gasteiger charge is -2.17. The third-order valence-corrected chi connectivity index (χ3v) is 4.59. The van der Waals surface area contributed by atoms with Crippen molar-refractivity contribution in [1.82, 2.24) is 5.32 Å². The van der Waals surface area contributed by atoms with Gasteiger partial charge in [0, 0.05) is 33.4 Å². The van der Waals surface area contributed by atoms with Crippen LogP contribution >= 0.6 is 0 Å². The third kappa shape index (κ3) is 4.77. The molecule has 0 saturated heterocycles. The number of aromatic carboxylic acids is 1. The van der Waals surface area contributed by atoms with Gasteiger partial charge in [-0.1, -0.05) is 0 Å². The molecule has 5 nitrogen and oxygen atoms in total. The van der Waals surface area contributed by atoms with Gasteiger partial charge in [0.2, 0.25) is 0 Å². The topological polar surface area (TPSA) is 83.5 Å². The Bertz CT molecular complexity index is 517. The van der Waals surface area contributed by atoms with Crippen molar-refractivity contribution in [2.45, 2.75) is 25.5 Å². The van der Waals surface area contributed by atoms with Crippen LogP contribution in [0.5, 0.6) is 0 Å². The molecule has 1 aromatic rings. The average molecular weight is 297 g/mol. The lowest BCUT2D eigenvalue weighted by atomic mass is 10.1. The predicted molar refractivity (Wildman–Crippen MR) is 78.5 cm³/mol. The minimum absolute atomic E-state index is 0.135. The quantitative estimate of drug-likeness (QED) is 0.866. The zero-order valence-corrected chi connectivity index (χ0v) is 12.6. The van der Waals surface area contributed by atoms with E-state index >= 15 is 0 Å². The van der Waals surface area contributed by atoms with Gasteiger partial charge in [0.05, 0.1) is 5.56 Å². The van der Waals surface area contributed by atoms with Crippen LogP contribution in [0.4, 0.5) is 0 Å². The Morgan fingerprint density at radius 2 is 1.65 bits per heavy atom. The minimum Gasteiger partial charge on any atom is -0.478 e.